The third-order valence-electron chi connectivity index (χ3n) is 6.42. The lowest BCUT2D eigenvalue weighted by atomic mass is 9.90. The molecule has 1 saturated heterocycles. The number of thioether (sulfide) groups is 1. The monoisotopic (exact) mass is 412 g/mol. The first-order valence-electron chi connectivity index (χ1n) is 10.6. The number of nitrogens with zero attached hydrogens (tertiary/aromatic N) is 6. The van der Waals surface area contributed by atoms with E-state index in [1.165, 1.54) is 17.7 Å². The second-order valence-electron chi connectivity index (χ2n) is 8.23. The summed E-state index contributed by atoms with van der Waals surface area (Å²) < 4.78 is 0. The van der Waals surface area contributed by atoms with Gasteiger partial charge >= 0.3 is 0 Å². The molecule has 0 unspecified atom stereocenters. The van der Waals surface area contributed by atoms with Crippen molar-refractivity contribution < 1.29 is 0 Å². The van der Waals surface area contributed by atoms with Gasteiger partial charge in [-0.05, 0) is 58.2 Å². The number of aryl methyl sites for hydroxylation is 1. The molecule has 2 aromatic rings. The Bertz CT molecular complexity index is 836. The SMILES string of the molecule is CSc1nc([C@H](C)N(C)[C@H]2CCCc3cccnc32)cc(N2CCN(C)CC2)n1. The summed E-state index contributed by atoms with van der Waals surface area (Å²) in [5.41, 5.74) is 3.74. The second kappa shape index (κ2) is 8.98. The highest BCUT2D eigenvalue weighted by Gasteiger charge is 2.29. The molecule has 0 aromatic carbocycles. The van der Waals surface area contributed by atoms with Crippen LogP contribution in [-0.4, -0.2) is 71.3 Å². The summed E-state index contributed by atoms with van der Waals surface area (Å²) in [5, 5.41) is 0.860. The molecule has 1 aliphatic carbocycles. The maximum Gasteiger partial charge on any atom is 0.189 e. The number of fused-ring (bicyclic) bond motifs is 1. The summed E-state index contributed by atoms with van der Waals surface area (Å²) in [6.07, 6.45) is 7.49. The van der Waals surface area contributed by atoms with E-state index in [-0.39, 0.29) is 6.04 Å². The minimum atomic E-state index is 0.202. The van der Waals surface area contributed by atoms with E-state index in [9.17, 15) is 0 Å². The van der Waals surface area contributed by atoms with Crippen LogP contribution in [0.4, 0.5) is 5.82 Å². The molecule has 0 radical (unpaired) electrons. The van der Waals surface area contributed by atoms with Gasteiger partial charge in [0.2, 0.25) is 0 Å². The molecule has 2 aromatic heterocycles. The van der Waals surface area contributed by atoms with Gasteiger partial charge in [-0.2, -0.15) is 0 Å². The number of pyridine rings is 1. The topological polar surface area (TPSA) is 48.4 Å². The molecule has 1 fully saturated rings. The van der Waals surface area contributed by atoms with Gasteiger partial charge in [0.25, 0.3) is 0 Å². The Morgan fingerprint density at radius 1 is 1.21 bits per heavy atom. The fourth-order valence-electron chi connectivity index (χ4n) is 4.39. The first-order valence-corrected chi connectivity index (χ1v) is 11.8. The summed E-state index contributed by atoms with van der Waals surface area (Å²) >= 11 is 1.62. The largest absolute Gasteiger partial charge is 0.354 e. The van der Waals surface area contributed by atoms with Crippen LogP contribution < -0.4 is 4.90 Å². The van der Waals surface area contributed by atoms with Crippen molar-refractivity contribution in [2.75, 3.05) is 51.4 Å². The first kappa shape index (κ1) is 20.6. The predicted molar refractivity (Wildman–Crippen MR) is 120 cm³/mol. The zero-order valence-electron chi connectivity index (χ0n) is 18.0. The van der Waals surface area contributed by atoms with Crippen LogP contribution in [0.2, 0.25) is 0 Å². The van der Waals surface area contributed by atoms with Gasteiger partial charge in [0.05, 0.1) is 17.4 Å². The Morgan fingerprint density at radius 3 is 2.76 bits per heavy atom. The zero-order chi connectivity index (χ0) is 20.4. The zero-order valence-corrected chi connectivity index (χ0v) is 18.8. The number of anilines is 1. The quantitative estimate of drug-likeness (QED) is 0.551. The van der Waals surface area contributed by atoms with Crippen molar-refractivity contribution >= 4 is 17.6 Å². The Morgan fingerprint density at radius 2 is 2.00 bits per heavy atom. The average molecular weight is 413 g/mol. The molecule has 7 heteroatoms. The molecule has 0 N–H and O–H groups in total. The van der Waals surface area contributed by atoms with Crippen LogP contribution in [-0.2, 0) is 6.42 Å². The fourth-order valence-corrected chi connectivity index (χ4v) is 4.77. The maximum absolute atomic E-state index is 4.89. The van der Waals surface area contributed by atoms with E-state index in [2.05, 4.69) is 60.2 Å². The normalized spacial score (nSPS) is 21.3. The van der Waals surface area contributed by atoms with Crippen molar-refractivity contribution in [1.29, 1.82) is 0 Å². The van der Waals surface area contributed by atoms with Crippen LogP contribution in [0.1, 0.15) is 48.8 Å². The summed E-state index contributed by atoms with van der Waals surface area (Å²) in [7, 11) is 4.40. The first-order chi connectivity index (χ1) is 14.1. The van der Waals surface area contributed by atoms with Gasteiger partial charge < -0.3 is 9.80 Å². The molecule has 1 aliphatic heterocycles. The molecular formula is C22H32N6S. The van der Waals surface area contributed by atoms with Crippen LogP contribution in [0.15, 0.2) is 29.6 Å². The van der Waals surface area contributed by atoms with Crippen molar-refractivity contribution in [2.45, 2.75) is 43.4 Å². The number of likely N-dealkylation sites (N-methyl/N-ethyl adjacent to an activating group) is 1. The van der Waals surface area contributed by atoms with E-state index < -0.39 is 0 Å². The van der Waals surface area contributed by atoms with Gasteiger partial charge in [0.1, 0.15) is 5.82 Å². The van der Waals surface area contributed by atoms with Crippen LogP contribution in [0.3, 0.4) is 0 Å². The highest BCUT2D eigenvalue weighted by atomic mass is 32.2. The predicted octanol–water partition coefficient (Wildman–Crippen LogP) is 3.42. The minimum Gasteiger partial charge on any atom is -0.354 e. The molecule has 3 heterocycles. The van der Waals surface area contributed by atoms with E-state index in [0.717, 1.165) is 55.7 Å². The average Bonchev–Trinajstić information content (AvgIpc) is 2.77. The number of piperazine rings is 1. The molecule has 0 spiro atoms. The lowest BCUT2D eigenvalue weighted by Gasteiger charge is -2.36. The molecule has 156 valence electrons. The lowest BCUT2D eigenvalue weighted by Crippen LogP contribution is -2.45. The van der Waals surface area contributed by atoms with Gasteiger partial charge in [-0.25, -0.2) is 9.97 Å². The van der Waals surface area contributed by atoms with E-state index >= 15 is 0 Å². The summed E-state index contributed by atoms with van der Waals surface area (Å²) in [5.74, 6) is 1.06. The van der Waals surface area contributed by atoms with Crippen LogP contribution in [0, 0.1) is 0 Å². The van der Waals surface area contributed by atoms with Crippen molar-refractivity contribution in [3.8, 4) is 0 Å². The third kappa shape index (κ3) is 4.42. The highest BCUT2D eigenvalue weighted by molar-refractivity contribution is 7.98. The highest BCUT2D eigenvalue weighted by Crippen LogP contribution is 2.36. The molecule has 2 atom stereocenters. The van der Waals surface area contributed by atoms with E-state index in [1.807, 2.05) is 6.20 Å². The molecule has 4 rings (SSSR count). The molecule has 0 amide bonds. The Kier molecular flexibility index (Phi) is 6.37. The molecular weight excluding hydrogens is 380 g/mol. The van der Waals surface area contributed by atoms with Crippen LogP contribution >= 0.6 is 11.8 Å². The molecule has 0 bridgehead atoms. The van der Waals surface area contributed by atoms with Crippen LogP contribution in [0.5, 0.6) is 0 Å². The second-order valence-corrected chi connectivity index (χ2v) is 9.00. The molecule has 6 nitrogen and oxygen atoms in total. The van der Waals surface area contributed by atoms with Gasteiger partial charge in [-0.3, -0.25) is 9.88 Å². The fraction of sp³-hybridized carbons (Fsp3) is 0.591. The van der Waals surface area contributed by atoms with Crippen LogP contribution in [0.25, 0.3) is 0 Å². The standard InChI is InChI=1S/C22H32N6S/c1-16(27(3)19-9-5-7-17-8-6-10-23-21(17)19)18-15-20(25-22(24-18)29-4)28-13-11-26(2)12-14-28/h6,8,10,15-16,19H,5,7,9,11-14H2,1-4H3/t16-,19-/m0/s1. The molecule has 0 saturated carbocycles. The van der Waals surface area contributed by atoms with Gasteiger partial charge in [0, 0.05) is 44.5 Å². The summed E-state index contributed by atoms with van der Waals surface area (Å²) in [6.45, 7) is 6.45. The Balaban J connectivity index is 1.59. The van der Waals surface area contributed by atoms with Crippen molar-refractivity contribution in [1.82, 2.24) is 24.8 Å². The number of aromatic nitrogens is 3. The molecule has 29 heavy (non-hydrogen) atoms. The summed E-state index contributed by atoms with van der Waals surface area (Å²) in [4.78, 5) is 21.7. The minimum absolute atomic E-state index is 0.202. The van der Waals surface area contributed by atoms with Gasteiger partial charge in [-0.15, -0.1) is 0 Å². The van der Waals surface area contributed by atoms with Crippen molar-refractivity contribution in [2.24, 2.45) is 0 Å². The van der Waals surface area contributed by atoms with Crippen molar-refractivity contribution in [3.05, 3.63) is 41.3 Å². The smallest absolute Gasteiger partial charge is 0.189 e. The number of hydrogen-bond acceptors (Lipinski definition) is 7. The third-order valence-corrected chi connectivity index (χ3v) is 6.97. The Labute approximate surface area is 178 Å². The van der Waals surface area contributed by atoms with E-state index in [0.29, 0.717) is 6.04 Å². The maximum atomic E-state index is 4.89. The van der Waals surface area contributed by atoms with E-state index in [4.69, 9.17) is 15.0 Å². The lowest BCUT2D eigenvalue weighted by molar-refractivity contribution is 0.161. The number of hydrogen-bond donors (Lipinski definition) is 0. The Hall–Kier alpha value is -1.70. The van der Waals surface area contributed by atoms with E-state index in [1.54, 1.807) is 11.8 Å². The number of rotatable bonds is 5. The van der Waals surface area contributed by atoms with Gasteiger partial charge in [-0.1, -0.05) is 17.8 Å². The van der Waals surface area contributed by atoms with Crippen molar-refractivity contribution in [3.63, 3.8) is 0 Å². The summed E-state index contributed by atoms with van der Waals surface area (Å²) in [6, 6.07) is 7.04. The molecule has 2 aliphatic rings. The van der Waals surface area contributed by atoms with Gasteiger partial charge in [0.15, 0.2) is 5.16 Å².